The molecule has 0 aromatic carbocycles. The Morgan fingerprint density at radius 1 is 1.42 bits per heavy atom. The molecule has 2 amide bonds. The molecule has 8 heteroatoms. The van der Waals surface area contributed by atoms with Crippen LogP contribution in [0.25, 0.3) is 0 Å². The van der Waals surface area contributed by atoms with Crippen LogP contribution in [0, 0.1) is 5.92 Å². The van der Waals surface area contributed by atoms with E-state index in [0.29, 0.717) is 26.0 Å². The molecule has 1 saturated heterocycles. The maximum absolute atomic E-state index is 12.6. The monoisotopic (exact) mass is 338 g/mol. The Kier molecular flexibility index (Phi) is 5.97. The number of carbonyl (C=O) groups excluding carboxylic acids is 2. The topological polar surface area (TPSA) is 109 Å². The number of methoxy groups -OCH3 is 1. The summed E-state index contributed by atoms with van der Waals surface area (Å²) in [5.41, 5.74) is -0.0723. The molecule has 24 heavy (non-hydrogen) atoms. The molecule has 0 spiro atoms. The Balaban J connectivity index is 2.03. The summed E-state index contributed by atoms with van der Waals surface area (Å²) >= 11 is 0. The molecule has 0 radical (unpaired) electrons. The summed E-state index contributed by atoms with van der Waals surface area (Å²) < 4.78 is 9.97. The number of hydrogen-bond donors (Lipinski definition) is 2. The number of ether oxygens (including phenoxy) is 1. The third kappa shape index (κ3) is 4.14. The average molecular weight is 338 g/mol. The van der Waals surface area contributed by atoms with Crippen molar-refractivity contribution in [2.45, 2.75) is 25.8 Å². The van der Waals surface area contributed by atoms with Gasteiger partial charge in [0.05, 0.1) is 18.1 Å². The fourth-order valence-electron chi connectivity index (χ4n) is 2.73. The molecule has 2 rings (SSSR count). The van der Waals surface area contributed by atoms with E-state index in [2.05, 4.69) is 5.32 Å². The molecule has 1 aliphatic heterocycles. The highest BCUT2D eigenvalue weighted by atomic mass is 16.5. The first-order valence-corrected chi connectivity index (χ1v) is 7.83. The van der Waals surface area contributed by atoms with E-state index >= 15 is 0 Å². The average Bonchev–Trinajstić information content (AvgIpc) is 3.05. The van der Waals surface area contributed by atoms with Crippen molar-refractivity contribution in [2.75, 3.05) is 26.8 Å². The zero-order chi connectivity index (χ0) is 17.7. The third-order valence-corrected chi connectivity index (χ3v) is 4.18. The molecule has 8 nitrogen and oxygen atoms in total. The van der Waals surface area contributed by atoms with Crippen LogP contribution in [0.4, 0.5) is 0 Å². The van der Waals surface area contributed by atoms with Gasteiger partial charge in [0.2, 0.25) is 5.91 Å². The van der Waals surface area contributed by atoms with Crippen LogP contribution < -0.4 is 5.32 Å². The number of aromatic carboxylic acids is 1. The van der Waals surface area contributed by atoms with Crippen LogP contribution in [0.2, 0.25) is 0 Å². The molecule has 2 atom stereocenters. The second-order valence-corrected chi connectivity index (χ2v) is 5.87. The van der Waals surface area contributed by atoms with E-state index in [9.17, 15) is 14.4 Å². The molecule has 132 valence electrons. The molecule has 1 aromatic heterocycles. The molecule has 2 N–H and O–H groups in total. The van der Waals surface area contributed by atoms with Crippen molar-refractivity contribution in [3.8, 4) is 0 Å². The second-order valence-electron chi connectivity index (χ2n) is 5.87. The van der Waals surface area contributed by atoms with Gasteiger partial charge < -0.3 is 24.5 Å². The first-order valence-electron chi connectivity index (χ1n) is 7.83. The van der Waals surface area contributed by atoms with Gasteiger partial charge in [-0.25, -0.2) is 4.79 Å². The molecule has 2 unspecified atom stereocenters. The van der Waals surface area contributed by atoms with Crippen molar-refractivity contribution < 1.29 is 28.6 Å². The van der Waals surface area contributed by atoms with Crippen LogP contribution in [0.3, 0.4) is 0 Å². The largest absolute Gasteiger partial charge is 0.478 e. The third-order valence-electron chi connectivity index (χ3n) is 4.18. The number of carbonyl (C=O) groups is 3. The van der Waals surface area contributed by atoms with Crippen molar-refractivity contribution in [2.24, 2.45) is 5.92 Å². The van der Waals surface area contributed by atoms with Crippen LogP contribution in [-0.4, -0.2) is 60.6 Å². The lowest BCUT2D eigenvalue weighted by Gasteiger charge is -2.36. The van der Waals surface area contributed by atoms with Gasteiger partial charge in [-0.05, 0) is 19.8 Å². The minimum absolute atomic E-state index is 0.0281. The fraction of sp³-hybridized carbons (Fsp3) is 0.562. The van der Waals surface area contributed by atoms with Crippen LogP contribution in [0.1, 0.15) is 40.7 Å². The molecular weight excluding hydrogens is 316 g/mol. The van der Waals surface area contributed by atoms with Gasteiger partial charge >= 0.3 is 5.97 Å². The highest BCUT2D eigenvalue weighted by Gasteiger charge is 2.34. The molecule has 0 bridgehead atoms. The number of nitrogens with one attached hydrogen (secondary N) is 1. The van der Waals surface area contributed by atoms with E-state index in [-0.39, 0.29) is 35.7 Å². The first kappa shape index (κ1) is 18.0. The summed E-state index contributed by atoms with van der Waals surface area (Å²) in [6.07, 6.45) is 2.43. The van der Waals surface area contributed by atoms with Crippen molar-refractivity contribution in [3.63, 3.8) is 0 Å². The van der Waals surface area contributed by atoms with Gasteiger partial charge in [0.1, 0.15) is 6.26 Å². The highest BCUT2D eigenvalue weighted by Crippen LogP contribution is 2.24. The predicted molar refractivity (Wildman–Crippen MR) is 83.8 cm³/mol. The van der Waals surface area contributed by atoms with Crippen LogP contribution >= 0.6 is 0 Å². The number of piperidine rings is 1. The van der Waals surface area contributed by atoms with Crippen LogP contribution in [-0.2, 0) is 9.53 Å². The number of nitrogens with zero attached hydrogens (tertiary/aromatic N) is 1. The summed E-state index contributed by atoms with van der Waals surface area (Å²) in [5, 5.41) is 11.7. The number of rotatable bonds is 6. The van der Waals surface area contributed by atoms with Gasteiger partial charge in [0, 0.05) is 32.3 Å². The van der Waals surface area contributed by atoms with Gasteiger partial charge in [-0.1, -0.05) is 0 Å². The molecule has 0 saturated carbocycles. The maximum atomic E-state index is 12.6. The molecule has 1 aromatic rings. The minimum Gasteiger partial charge on any atom is -0.478 e. The van der Waals surface area contributed by atoms with E-state index in [1.807, 2.05) is 6.92 Å². The van der Waals surface area contributed by atoms with Crippen molar-refractivity contribution >= 4 is 17.8 Å². The van der Waals surface area contributed by atoms with Gasteiger partial charge in [0.25, 0.3) is 5.91 Å². The van der Waals surface area contributed by atoms with Gasteiger partial charge in [-0.3, -0.25) is 9.59 Å². The summed E-state index contributed by atoms with van der Waals surface area (Å²) in [6, 6.07) is 1.17. The minimum atomic E-state index is -1.15. The molecule has 2 heterocycles. The van der Waals surface area contributed by atoms with Gasteiger partial charge in [0.15, 0.2) is 5.76 Å². The van der Waals surface area contributed by atoms with Crippen molar-refractivity contribution in [1.29, 1.82) is 0 Å². The lowest BCUT2D eigenvalue weighted by molar-refractivity contribution is -0.126. The lowest BCUT2D eigenvalue weighted by Crippen LogP contribution is -2.49. The first-order chi connectivity index (χ1) is 11.4. The zero-order valence-electron chi connectivity index (χ0n) is 13.8. The van der Waals surface area contributed by atoms with E-state index in [0.717, 1.165) is 6.26 Å². The van der Waals surface area contributed by atoms with E-state index in [4.69, 9.17) is 14.3 Å². The lowest BCUT2D eigenvalue weighted by atomic mass is 9.92. The standard InChI is InChI=1S/C16H22N2O6/c1-10-3-4-11(14(19)17-5-6-23-2)8-18(10)15(20)13-7-12(9-24-13)16(21)22/h7,9-11H,3-6,8H2,1-2H3,(H,17,19)(H,21,22). The van der Waals surface area contributed by atoms with Crippen LogP contribution in [0.15, 0.2) is 16.7 Å². The number of furan rings is 1. The summed E-state index contributed by atoms with van der Waals surface area (Å²) in [5.74, 6) is -1.98. The Hall–Kier alpha value is -2.35. The fourth-order valence-corrected chi connectivity index (χ4v) is 2.73. The zero-order valence-corrected chi connectivity index (χ0v) is 13.8. The normalized spacial score (nSPS) is 20.7. The summed E-state index contributed by atoms with van der Waals surface area (Å²) in [4.78, 5) is 37.2. The second kappa shape index (κ2) is 7.96. The molecular formula is C16H22N2O6. The number of carboxylic acid groups (broad SMARTS) is 1. The van der Waals surface area contributed by atoms with Gasteiger partial charge in [-0.15, -0.1) is 0 Å². The van der Waals surface area contributed by atoms with Gasteiger partial charge in [-0.2, -0.15) is 0 Å². The molecule has 1 fully saturated rings. The highest BCUT2D eigenvalue weighted by molar-refractivity contribution is 5.96. The summed E-state index contributed by atoms with van der Waals surface area (Å²) in [6.45, 7) is 3.04. The Morgan fingerprint density at radius 2 is 2.17 bits per heavy atom. The van der Waals surface area contributed by atoms with Crippen LogP contribution in [0.5, 0.6) is 0 Å². The maximum Gasteiger partial charge on any atom is 0.338 e. The quantitative estimate of drug-likeness (QED) is 0.749. The molecule has 1 aliphatic rings. The smallest absolute Gasteiger partial charge is 0.338 e. The Bertz CT molecular complexity index is 611. The molecule has 0 aliphatic carbocycles. The Morgan fingerprint density at radius 3 is 2.79 bits per heavy atom. The van der Waals surface area contributed by atoms with Crippen molar-refractivity contribution in [1.82, 2.24) is 10.2 Å². The number of likely N-dealkylation sites (tertiary alicyclic amines) is 1. The predicted octanol–water partition coefficient (Wildman–Crippen LogP) is 0.981. The summed E-state index contributed by atoms with van der Waals surface area (Å²) in [7, 11) is 1.56. The number of hydrogen-bond acceptors (Lipinski definition) is 5. The van der Waals surface area contributed by atoms with E-state index < -0.39 is 11.9 Å². The van der Waals surface area contributed by atoms with E-state index in [1.54, 1.807) is 12.0 Å². The Labute approximate surface area is 139 Å². The van der Waals surface area contributed by atoms with Crippen molar-refractivity contribution in [3.05, 3.63) is 23.7 Å². The number of carboxylic acids is 1. The number of amides is 2. The SMILES string of the molecule is COCCNC(=O)C1CCC(C)N(C(=O)c2cc(C(=O)O)co2)C1. The van der Waals surface area contributed by atoms with E-state index in [1.165, 1.54) is 6.07 Å².